The van der Waals surface area contributed by atoms with Crippen molar-refractivity contribution in [2.24, 2.45) is 0 Å². The van der Waals surface area contributed by atoms with E-state index in [2.05, 4.69) is 29.6 Å². The fourth-order valence-electron chi connectivity index (χ4n) is 3.78. The number of hydrogen-bond acceptors (Lipinski definition) is 2. The number of carbonyl (C=O) groups is 1. The Morgan fingerprint density at radius 1 is 1.03 bits per heavy atom. The molecular weight excluding hydrogens is 411 g/mol. The first-order valence-electron chi connectivity index (χ1n) is 10.6. The highest BCUT2D eigenvalue weighted by Crippen LogP contribution is 2.40. The lowest BCUT2D eigenvalue weighted by Crippen LogP contribution is -2.33. The van der Waals surface area contributed by atoms with Crippen LogP contribution in [0.3, 0.4) is 0 Å². The van der Waals surface area contributed by atoms with Crippen molar-refractivity contribution in [3.63, 3.8) is 0 Å². The number of halogens is 2. The van der Waals surface area contributed by atoms with Crippen molar-refractivity contribution in [3.05, 3.63) is 99.8 Å². The summed E-state index contributed by atoms with van der Waals surface area (Å²) in [5, 5.41) is 3.60. The van der Waals surface area contributed by atoms with Gasteiger partial charge in [0.15, 0.2) is 0 Å². The van der Waals surface area contributed by atoms with Gasteiger partial charge in [-0.15, -0.1) is 0 Å². The van der Waals surface area contributed by atoms with E-state index in [0.717, 1.165) is 16.8 Å². The van der Waals surface area contributed by atoms with Gasteiger partial charge in [-0.1, -0.05) is 48.0 Å². The molecule has 3 aromatic rings. The van der Waals surface area contributed by atoms with Crippen LogP contribution in [0, 0.1) is 5.82 Å². The average Bonchev–Trinajstić information content (AvgIpc) is 3.63. The van der Waals surface area contributed by atoms with Crippen molar-refractivity contribution in [2.45, 2.75) is 31.7 Å². The minimum absolute atomic E-state index is 0.0831. The van der Waals surface area contributed by atoms with Crippen LogP contribution >= 0.6 is 11.6 Å². The Hall–Kier alpha value is -2.85. The van der Waals surface area contributed by atoms with E-state index in [-0.39, 0.29) is 11.7 Å². The molecule has 31 heavy (non-hydrogen) atoms. The number of anilines is 1. The molecule has 0 aliphatic heterocycles. The number of nitrogens with one attached hydrogen (secondary N) is 1. The minimum atomic E-state index is -0.259. The first kappa shape index (κ1) is 21.4. The molecule has 160 valence electrons. The Bertz CT molecular complexity index is 1050. The summed E-state index contributed by atoms with van der Waals surface area (Å²) in [5.74, 6) is 0.361. The highest BCUT2D eigenvalue weighted by Gasteiger charge is 2.24. The lowest BCUT2D eigenvalue weighted by molar-refractivity contribution is 0.0746. The van der Waals surface area contributed by atoms with Gasteiger partial charge < -0.3 is 10.2 Å². The number of carbonyl (C=O) groups excluding carboxylic acids is 1. The van der Waals surface area contributed by atoms with Crippen LogP contribution in [0.25, 0.3) is 0 Å². The normalized spacial score (nSPS) is 13.1. The molecule has 5 heteroatoms. The maximum absolute atomic E-state index is 13.5. The highest BCUT2D eigenvalue weighted by atomic mass is 35.5. The van der Waals surface area contributed by atoms with Crippen LogP contribution in [0.2, 0.25) is 5.02 Å². The van der Waals surface area contributed by atoms with Crippen LogP contribution in [-0.2, 0) is 13.0 Å². The van der Waals surface area contributed by atoms with Crippen LogP contribution in [0.4, 0.5) is 10.1 Å². The quantitative estimate of drug-likeness (QED) is 0.450. The van der Waals surface area contributed by atoms with E-state index in [1.165, 1.54) is 30.5 Å². The molecule has 0 aromatic heterocycles. The lowest BCUT2D eigenvalue weighted by Gasteiger charge is -2.24. The van der Waals surface area contributed by atoms with Gasteiger partial charge in [-0.3, -0.25) is 4.79 Å². The molecular formula is C26H26ClFN2O. The van der Waals surface area contributed by atoms with Gasteiger partial charge in [-0.25, -0.2) is 4.39 Å². The summed E-state index contributed by atoms with van der Waals surface area (Å²) in [5.41, 5.74) is 4.74. The summed E-state index contributed by atoms with van der Waals surface area (Å²) in [6.45, 7) is 1.02. The van der Waals surface area contributed by atoms with Gasteiger partial charge in [-0.2, -0.15) is 0 Å². The Balaban J connectivity index is 1.56. The van der Waals surface area contributed by atoms with Crippen molar-refractivity contribution in [3.8, 4) is 0 Å². The Labute approximate surface area is 187 Å². The van der Waals surface area contributed by atoms with Crippen LogP contribution in [-0.4, -0.2) is 24.4 Å². The zero-order valence-electron chi connectivity index (χ0n) is 17.6. The molecule has 1 aliphatic rings. The first-order valence-corrected chi connectivity index (χ1v) is 11.0. The molecule has 0 saturated heterocycles. The third-order valence-corrected chi connectivity index (χ3v) is 5.99. The van der Waals surface area contributed by atoms with E-state index in [0.29, 0.717) is 36.0 Å². The third-order valence-electron chi connectivity index (χ3n) is 5.75. The van der Waals surface area contributed by atoms with Gasteiger partial charge in [-0.05, 0) is 72.2 Å². The predicted octanol–water partition coefficient (Wildman–Crippen LogP) is 6.28. The summed E-state index contributed by atoms with van der Waals surface area (Å²) in [6, 6.07) is 20.3. The number of benzene rings is 3. The van der Waals surface area contributed by atoms with Gasteiger partial charge in [0.25, 0.3) is 5.91 Å². The zero-order chi connectivity index (χ0) is 21.8. The van der Waals surface area contributed by atoms with E-state index >= 15 is 0 Å². The predicted molar refractivity (Wildman–Crippen MR) is 124 cm³/mol. The molecule has 4 rings (SSSR count). The van der Waals surface area contributed by atoms with Gasteiger partial charge >= 0.3 is 0 Å². The van der Waals surface area contributed by atoms with E-state index < -0.39 is 0 Å². The first-order chi connectivity index (χ1) is 15.0. The van der Waals surface area contributed by atoms with Crippen molar-refractivity contribution in [1.82, 2.24) is 4.90 Å². The Morgan fingerprint density at radius 2 is 1.71 bits per heavy atom. The van der Waals surface area contributed by atoms with Gasteiger partial charge in [0.2, 0.25) is 0 Å². The highest BCUT2D eigenvalue weighted by molar-refractivity contribution is 6.31. The average molecular weight is 437 g/mol. The summed E-state index contributed by atoms with van der Waals surface area (Å²) in [6.07, 6.45) is 3.17. The second kappa shape index (κ2) is 9.52. The summed E-state index contributed by atoms with van der Waals surface area (Å²) >= 11 is 6.19. The second-order valence-corrected chi connectivity index (χ2v) is 8.50. The maximum Gasteiger partial charge on any atom is 0.256 e. The van der Waals surface area contributed by atoms with Crippen molar-refractivity contribution in [2.75, 3.05) is 18.9 Å². The monoisotopic (exact) mass is 436 g/mol. The molecule has 3 aromatic carbocycles. The van der Waals surface area contributed by atoms with Gasteiger partial charge in [0, 0.05) is 30.8 Å². The minimum Gasteiger partial charge on any atom is -0.387 e. The van der Waals surface area contributed by atoms with Gasteiger partial charge in [0.1, 0.15) is 5.82 Å². The van der Waals surface area contributed by atoms with E-state index in [1.807, 2.05) is 11.0 Å². The number of amides is 1. The Morgan fingerprint density at radius 3 is 2.35 bits per heavy atom. The topological polar surface area (TPSA) is 32.3 Å². The Kier molecular flexibility index (Phi) is 6.57. The molecule has 0 unspecified atom stereocenters. The number of nitrogens with zero attached hydrogens (tertiary/aromatic N) is 1. The molecule has 0 radical (unpaired) electrons. The molecule has 3 nitrogen and oxygen atoms in total. The molecule has 1 amide bonds. The van der Waals surface area contributed by atoms with Crippen LogP contribution < -0.4 is 5.32 Å². The second-order valence-electron chi connectivity index (χ2n) is 8.06. The van der Waals surface area contributed by atoms with E-state index in [4.69, 9.17) is 11.6 Å². The summed E-state index contributed by atoms with van der Waals surface area (Å²) < 4.78 is 13.3. The van der Waals surface area contributed by atoms with Crippen LogP contribution in [0.15, 0.2) is 66.7 Å². The smallest absolute Gasteiger partial charge is 0.256 e. The molecule has 1 saturated carbocycles. The summed E-state index contributed by atoms with van der Waals surface area (Å²) in [7, 11) is 1.79. The van der Waals surface area contributed by atoms with E-state index in [9.17, 15) is 9.18 Å². The maximum atomic E-state index is 13.5. The SMILES string of the molecule is CNc1ccc(Cl)cc1C(=O)N(CCc1ccc(F)cc1)Cc1ccc(C2CC2)cc1. The van der Waals surface area contributed by atoms with Crippen molar-refractivity contribution < 1.29 is 9.18 Å². The summed E-state index contributed by atoms with van der Waals surface area (Å²) in [4.78, 5) is 15.3. The van der Waals surface area contributed by atoms with Crippen molar-refractivity contribution in [1.29, 1.82) is 0 Å². The number of rotatable bonds is 8. The molecule has 1 aliphatic carbocycles. The molecule has 1 fully saturated rings. The molecule has 0 bridgehead atoms. The fourth-order valence-corrected chi connectivity index (χ4v) is 3.95. The van der Waals surface area contributed by atoms with E-state index in [1.54, 1.807) is 31.3 Å². The van der Waals surface area contributed by atoms with Gasteiger partial charge in [0.05, 0.1) is 5.56 Å². The number of hydrogen-bond donors (Lipinski definition) is 1. The third kappa shape index (κ3) is 5.45. The fraction of sp³-hybridized carbons (Fsp3) is 0.269. The largest absolute Gasteiger partial charge is 0.387 e. The van der Waals surface area contributed by atoms with Crippen molar-refractivity contribution >= 4 is 23.2 Å². The molecule has 0 spiro atoms. The molecule has 0 atom stereocenters. The molecule has 1 N–H and O–H groups in total. The van der Waals surface area contributed by atoms with Crippen LogP contribution in [0.5, 0.6) is 0 Å². The lowest BCUT2D eigenvalue weighted by atomic mass is 10.1. The van der Waals surface area contributed by atoms with Crippen LogP contribution in [0.1, 0.15) is 45.8 Å². The standard InChI is InChI=1S/C26H26ClFN2O/c1-29-25-13-10-22(27)16-24(25)26(31)30(15-14-18-4-11-23(28)12-5-18)17-19-2-6-20(7-3-19)21-8-9-21/h2-7,10-13,16,21,29H,8-9,14-15,17H2,1H3. The molecule has 0 heterocycles. The zero-order valence-corrected chi connectivity index (χ0v) is 18.3.